The van der Waals surface area contributed by atoms with Crippen LogP contribution in [0, 0.1) is 6.92 Å². The van der Waals surface area contributed by atoms with Crippen molar-refractivity contribution in [3.63, 3.8) is 0 Å². The summed E-state index contributed by atoms with van der Waals surface area (Å²) < 4.78 is 0. The number of hydrogen-bond acceptors (Lipinski definition) is 3. The highest BCUT2D eigenvalue weighted by Gasteiger charge is 2.07. The monoisotopic (exact) mass is 237 g/mol. The molecule has 0 aliphatic rings. The molecule has 2 heterocycles. The molecule has 0 saturated heterocycles. The molecule has 3 rings (SSSR count). The molecule has 0 fully saturated rings. The molecule has 1 N–H and O–H groups in total. The molecule has 88 valence electrons. The molecule has 18 heavy (non-hydrogen) atoms. The maximum atomic E-state index is 11.5. The van der Waals surface area contributed by atoms with Gasteiger partial charge >= 0.3 is 0 Å². The summed E-state index contributed by atoms with van der Waals surface area (Å²) in [7, 11) is 0. The van der Waals surface area contributed by atoms with Crippen molar-refractivity contribution < 1.29 is 0 Å². The Morgan fingerprint density at radius 2 is 2.00 bits per heavy atom. The third kappa shape index (κ3) is 1.78. The Kier molecular flexibility index (Phi) is 2.41. The SMILES string of the molecule is Cc1nc(-c2cccc3cccnc23)cc(=O)[nH]1. The summed E-state index contributed by atoms with van der Waals surface area (Å²) in [6, 6.07) is 11.2. The van der Waals surface area contributed by atoms with Crippen molar-refractivity contribution in [2.45, 2.75) is 6.92 Å². The minimum absolute atomic E-state index is 0.148. The Balaban J connectivity index is 2.34. The van der Waals surface area contributed by atoms with E-state index in [4.69, 9.17) is 0 Å². The van der Waals surface area contributed by atoms with Crippen LogP contribution in [-0.2, 0) is 0 Å². The van der Waals surface area contributed by atoms with Crippen molar-refractivity contribution in [1.82, 2.24) is 15.0 Å². The van der Waals surface area contributed by atoms with Gasteiger partial charge in [0, 0.05) is 23.2 Å². The van der Waals surface area contributed by atoms with E-state index in [-0.39, 0.29) is 5.56 Å². The first-order chi connectivity index (χ1) is 8.74. The van der Waals surface area contributed by atoms with Crippen LogP contribution in [0.1, 0.15) is 5.82 Å². The average molecular weight is 237 g/mol. The van der Waals surface area contributed by atoms with Crippen LogP contribution in [0.5, 0.6) is 0 Å². The number of aryl methyl sites for hydroxylation is 1. The van der Waals surface area contributed by atoms with Crippen LogP contribution < -0.4 is 5.56 Å². The number of benzene rings is 1. The van der Waals surface area contributed by atoms with Gasteiger partial charge in [0.25, 0.3) is 5.56 Å². The first kappa shape index (κ1) is 10.7. The summed E-state index contributed by atoms with van der Waals surface area (Å²) >= 11 is 0. The van der Waals surface area contributed by atoms with Crippen molar-refractivity contribution >= 4 is 10.9 Å². The number of para-hydroxylation sites is 1. The fourth-order valence-corrected chi connectivity index (χ4v) is 2.03. The number of hydrogen-bond donors (Lipinski definition) is 1. The molecule has 0 saturated carbocycles. The van der Waals surface area contributed by atoms with Crippen molar-refractivity contribution in [3.05, 3.63) is 58.8 Å². The van der Waals surface area contributed by atoms with Crippen molar-refractivity contribution in [3.8, 4) is 11.3 Å². The van der Waals surface area contributed by atoms with Crippen molar-refractivity contribution in [2.75, 3.05) is 0 Å². The highest BCUT2D eigenvalue weighted by atomic mass is 16.1. The number of rotatable bonds is 1. The first-order valence-corrected chi connectivity index (χ1v) is 5.66. The van der Waals surface area contributed by atoms with Crippen LogP contribution in [0.2, 0.25) is 0 Å². The van der Waals surface area contributed by atoms with E-state index >= 15 is 0 Å². The molecule has 0 atom stereocenters. The summed E-state index contributed by atoms with van der Waals surface area (Å²) in [5.74, 6) is 0.602. The smallest absolute Gasteiger partial charge is 0.251 e. The van der Waals surface area contributed by atoms with Gasteiger partial charge in [-0.15, -0.1) is 0 Å². The molecule has 1 aromatic carbocycles. The zero-order chi connectivity index (χ0) is 12.5. The van der Waals surface area contributed by atoms with Crippen LogP contribution in [0.3, 0.4) is 0 Å². The summed E-state index contributed by atoms with van der Waals surface area (Å²) in [5, 5.41) is 1.04. The van der Waals surface area contributed by atoms with E-state index in [1.165, 1.54) is 6.07 Å². The van der Waals surface area contributed by atoms with Crippen LogP contribution in [0.4, 0.5) is 0 Å². The van der Waals surface area contributed by atoms with Gasteiger partial charge in [-0.1, -0.05) is 24.3 Å². The van der Waals surface area contributed by atoms with E-state index in [2.05, 4.69) is 15.0 Å². The topological polar surface area (TPSA) is 58.6 Å². The number of pyridine rings is 1. The van der Waals surface area contributed by atoms with E-state index in [9.17, 15) is 4.79 Å². The summed E-state index contributed by atoms with van der Waals surface area (Å²) in [5.41, 5.74) is 2.24. The number of aromatic nitrogens is 3. The van der Waals surface area contributed by atoms with Gasteiger partial charge in [0.15, 0.2) is 0 Å². The summed E-state index contributed by atoms with van der Waals surface area (Å²) in [4.78, 5) is 22.9. The lowest BCUT2D eigenvalue weighted by atomic mass is 10.1. The number of nitrogens with zero attached hydrogens (tertiary/aromatic N) is 2. The Labute approximate surface area is 103 Å². The van der Waals surface area contributed by atoms with Crippen LogP contribution >= 0.6 is 0 Å². The van der Waals surface area contributed by atoms with Crippen LogP contribution in [0.15, 0.2) is 47.4 Å². The highest BCUT2D eigenvalue weighted by Crippen LogP contribution is 2.24. The number of aromatic amines is 1. The number of fused-ring (bicyclic) bond motifs is 1. The first-order valence-electron chi connectivity index (χ1n) is 5.66. The molecule has 4 heteroatoms. The Morgan fingerprint density at radius 3 is 2.83 bits per heavy atom. The van der Waals surface area contributed by atoms with Gasteiger partial charge in [0.05, 0.1) is 11.2 Å². The van der Waals surface area contributed by atoms with Gasteiger partial charge in [0.1, 0.15) is 5.82 Å². The fourth-order valence-electron chi connectivity index (χ4n) is 2.03. The Bertz CT molecular complexity index is 772. The van der Waals surface area contributed by atoms with E-state index in [0.717, 1.165) is 16.5 Å². The zero-order valence-electron chi connectivity index (χ0n) is 9.84. The van der Waals surface area contributed by atoms with Crippen LogP contribution in [0.25, 0.3) is 22.2 Å². The molecule has 2 aromatic heterocycles. The fraction of sp³-hybridized carbons (Fsp3) is 0.0714. The predicted molar refractivity (Wildman–Crippen MR) is 70.3 cm³/mol. The zero-order valence-corrected chi connectivity index (χ0v) is 9.84. The second-order valence-electron chi connectivity index (χ2n) is 4.10. The number of nitrogens with one attached hydrogen (secondary N) is 1. The van der Waals surface area contributed by atoms with Gasteiger partial charge < -0.3 is 4.98 Å². The molecular formula is C14H11N3O. The minimum atomic E-state index is -0.148. The Hall–Kier alpha value is -2.49. The molecular weight excluding hydrogens is 226 g/mol. The van der Waals surface area contributed by atoms with Crippen LogP contribution in [-0.4, -0.2) is 15.0 Å². The molecule has 0 aliphatic heterocycles. The lowest BCUT2D eigenvalue weighted by Gasteiger charge is -2.05. The normalized spacial score (nSPS) is 10.7. The van der Waals surface area contributed by atoms with E-state index < -0.39 is 0 Å². The lowest BCUT2D eigenvalue weighted by molar-refractivity contribution is 1.02. The second kappa shape index (κ2) is 4.07. The Morgan fingerprint density at radius 1 is 1.17 bits per heavy atom. The van der Waals surface area contributed by atoms with E-state index in [1.54, 1.807) is 13.1 Å². The molecule has 0 radical (unpaired) electrons. The summed E-state index contributed by atoms with van der Waals surface area (Å²) in [6.07, 6.45) is 1.74. The maximum Gasteiger partial charge on any atom is 0.251 e. The van der Waals surface area contributed by atoms with Gasteiger partial charge in [-0.2, -0.15) is 0 Å². The molecule has 4 nitrogen and oxygen atoms in total. The molecule has 0 spiro atoms. The molecule has 0 bridgehead atoms. The lowest BCUT2D eigenvalue weighted by Crippen LogP contribution is -2.08. The van der Waals surface area contributed by atoms with Gasteiger partial charge in [0.2, 0.25) is 0 Å². The van der Waals surface area contributed by atoms with Gasteiger partial charge in [-0.05, 0) is 13.0 Å². The van der Waals surface area contributed by atoms with Crippen molar-refractivity contribution in [1.29, 1.82) is 0 Å². The molecule has 0 amide bonds. The average Bonchev–Trinajstić information content (AvgIpc) is 2.37. The van der Waals surface area contributed by atoms with E-state index in [1.807, 2.05) is 30.3 Å². The quantitative estimate of drug-likeness (QED) is 0.706. The van der Waals surface area contributed by atoms with Gasteiger partial charge in [-0.3, -0.25) is 9.78 Å². The molecule has 0 unspecified atom stereocenters. The van der Waals surface area contributed by atoms with E-state index in [0.29, 0.717) is 11.5 Å². The highest BCUT2D eigenvalue weighted by molar-refractivity contribution is 5.92. The third-order valence-corrected chi connectivity index (χ3v) is 2.77. The molecule has 0 aliphatic carbocycles. The molecule has 3 aromatic rings. The standard InChI is InChI=1S/C14H11N3O/c1-9-16-12(8-13(18)17-9)11-6-2-4-10-5-3-7-15-14(10)11/h2-8H,1H3,(H,16,17,18). The minimum Gasteiger partial charge on any atom is -0.311 e. The van der Waals surface area contributed by atoms with Crippen molar-refractivity contribution in [2.24, 2.45) is 0 Å². The number of H-pyrrole nitrogens is 1. The van der Waals surface area contributed by atoms with Gasteiger partial charge in [-0.25, -0.2) is 4.98 Å². The second-order valence-corrected chi connectivity index (χ2v) is 4.10. The summed E-state index contributed by atoms with van der Waals surface area (Å²) in [6.45, 7) is 1.77. The third-order valence-electron chi connectivity index (χ3n) is 2.77. The largest absolute Gasteiger partial charge is 0.311 e. The maximum absolute atomic E-state index is 11.5. The predicted octanol–water partition coefficient (Wildman–Crippen LogP) is 2.29.